The summed E-state index contributed by atoms with van der Waals surface area (Å²) in [5.41, 5.74) is 1.91. The Morgan fingerprint density at radius 2 is 1.88 bits per heavy atom. The maximum absolute atomic E-state index is 5.96. The van der Waals surface area contributed by atoms with E-state index in [1.165, 1.54) is 0 Å². The van der Waals surface area contributed by atoms with Crippen molar-refractivity contribution in [2.24, 2.45) is 4.99 Å². The van der Waals surface area contributed by atoms with Gasteiger partial charge in [-0.05, 0) is 37.6 Å². The van der Waals surface area contributed by atoms with Crippen LogP contribution < -0.4 is 0 Å². The fourth-order valence-corrected chi connectivity index (χ4v) is 1.64. The van der Waals surface area contributed by atoms with Gasteiger partial charge in [0, 0.05) is 14.1 Å². The first-order valence-corrected chi connectivity index (χ1v) is 6.05. The number of hydrogen-bond donors (Lipinski definition) is 0. The fourth-order valence-electron chi connectivity index (χ4n) is 1.35. The highest BCUT2D eigenvalue weighted by Gasteiger charge is 2.05. The van der Waals surface area contributed by atoms with E-state index in [4.69, 9.17) is 23.2 Å². The predicted octanol–water partition coefficient (Wildman–Crippen LogP) is 4.55. The van der Waals surface area contributed by atoms with Crippen molar-refractivity contribution in [3.63, 3.8) is 0 Å². The lowest BCUT2D eigenvalue weighted by Gasteiger charge is -2.16. The van der Waals surface area contributed by atoms with E-state index in [9.17, 15) is 0 Å². The molecule has 92 valence electrons. The highest BCUT2D eigenvalue weighted by molar-refractivity contribution is 6.42. The van der Waals surface area contributed by atoms with Gasteiger partial charge in [0.2, 0.25) is 0 Å². The SMILES string of the molecule is CC=C(C)C(=Nc1ccc(Cl)c(Cl)c1)N(C)C. The number of allylic oxidation sites excluding steroid dienone is 1. The van der Waals surface area contributed by atoms with Crippen LogP contribution in [-0.2, 0) is 0 Å². The lowest BCUT2D eigenvalue weighted by Crippen LogP contribution is -2.22. The Morgan fingerprint density at radius 3 is 2.35 bits per heavy atom. The summed E-state index contributed by atoms with van der Waals surface area (Å²) in [5.74, 6) is 0.908. The molecule has 0 amide bonds. The highest BCUT2D eigenvalue weighted by Crippen LogP contribution is 2.27. The summed E-state index contributed by atoms with van der Waals surface area (Å²) in [7, 11) is 3.92. The van der Waals surface area contributed by atoms with Gasteiger partial charge in [-0.3, -0.25) is 0 Å². The molecular weight excluding hydrogens is 255 g/mol. The number of aliphatic imine (C=N–C) groups is 1. The van der Waals surface area contributed by atoms with Crippen molar-refractivity contribution in [3.8, 4) is 0 Å². The van der Waals surface area contributed by atoms with Gasteiger partial charge in [0.05, 0.1) is 15.7 Å². The quantitative estimate of drug-likeness (QED) is 0.569. The topological polar surface area (TPSA) is 15.6 Å². The van der Waals surface area contributed by atoms with E-state index in [0.29, 0.717) is 10.0 Å². The zero-order chi connectivity index (χ0) is 13.0. The summed E-state index contributed by atoms with van der Waals surface area (Å²) < 4.78 is 0. The molecule has 0 saturated carbocycles. The van der Waals surface area contributed by atoms with Crippen molar-refractivity contribution in [1.82, 2.24) is 4.90 Å². The van der Waals surface area contributed by atoms with Gasteiger partial charge in [0.1, 0.15) is 5.84 Å². The zero-order valence-corrected chi connectivity index (χ0v) is 12.0. The minimum absolute atomic E-state index is 0.518. The van der Waals surface area contributed by atoms with Crippen molar-refractivity contribution in [2.75, 3.05) is 14.1 Å². The van der Waals surface area contributed by atoms with Crippen molar-refractivity contribution in [3.05, 3.63) is 39.9 Å². The Labute approximate surface area is 113 Å². The number of amidine groups is 1. The van der Waals surface area contributed by atoms with Gasteiger partial charge in [-0.25, -0.2) is 4.99 Å². The van der Waals surface area contributed by atoms with E-state index < -0.39 is 0 Å². The summed E-state index contributed by atoms with van der Waals surface area (Å²) in [4.78, 5) is 6.53. The molecule has 0 spiro atoms. The van der Waals surface area contributed by atoms with Gasteiger partial charge in [-0.1, -0.05) is 29.3 Å². The molecule has 17 heavy (non-hydrogen) atoms. The Kier molecular flexibility index (Phi) is 5.03. The van der Waals surface area contributed by atoms with E-state index in [0.717, 1.165) is 17.1 Å². The standard InChI is InChI=1S/C13H16Cl2N2/c1-5-9(2)13(17(3)4)16-10-6-7-11(14)12(15)8-10/h5-8H,1-4H3. The molecule has 0 aliphatic carbocycles. The van der Waals surface area contributed by atoms with E-state index >= 15 is 0 Å². The largest absolute Gasteiger partial charge is 0.363 e. The first-order valence-electron chi connectivity index (χ1n) is 5.30. The highest BCUT2D eigenvalue weighted by atomic mass is 35.5. The molecule has 0 bridgehead atoms. The van der Waals surface area contributed by atoms with Gasteiger partial charge in [0.15, 0.2) is 0 Å². The Bertz CT molecular complexity index is 462. The van der Waals surface area contributed by atoms with Crippen molar-refractivity contribution in [1.29, 1.82) is 0 Å². The molecule has 4 heteroatoms. The van der Waals surface area contributed by atoms with Crippen molar-refractivity contribution in [2.45, 2.75) is 13.8 Å². The first-order chi connectivity index (χ1) is 7.95. The van der Waals surface area contributed by atoms with Gasteiger partial charge >= 0.3 is 0 Å². The second-order valence-electron chi connectivity index (χ2n) is 3.90. The first kappa shape index (κ1) is 14.1. The Hall–Kier alpha value is -0.990. The Morgan fingerprint density at radius 1 is 1.24 bits per heavy atom. The minimum Gasteiger partial charge on any atom is -0.363 e. The van der Waals surface area contributed by atoms with E-state index in [-0.39, 0.29) is 0 Å². The molecule has 2 nitrogen and oxygen atoms in total. The third-order valence-corrected chi connectivity index (χ3v) is 3.09. The summed E-state index contributed by atoms with van der Waals surface area (Å²) in [6.45, 7) is 4.01. The molecule has 1 aromatic carbocycles. The smallest absolute Gasteiger partial charge is 0.131 e. The van der Waals surface area contributed by atoms with Crippen LogP contribution in [0.25, 0.3) is 0 Å². The third-order valence-electron chi connectivity index (χ3n) is 2.35. The third kappa shape index (κ3) is 3.76. The Balaban J connectivity index is 3.18. The predicted molar refractivity (Wildman–Crippen MR) is 76.7 cm³/mol. The molecule has 1 rings (SSSR count). The zero-order valence-electron chi connectivity index (χ0n) is 10.5. The summed E-state index contributed by atoms with van der Waals surface area (Å²) in [6.07, 6.45) is 2.02. The van der Waals surface area contributed by atoms with E-state index in [1.54, 1.807) is 12.1 Å². The molecule has 0 unspecified atom stereocenters. The lowest BCUT2D eigenvalue weighted by atomic mass is 10.2. The molecule has 0 atom stereocenters. The van der Waals surface area contributed by atoms with Crippen LogP contribution >= 0.6 is 23.2 Å². The average Bonchev–Trinajstić information content (AvgIpc) is 2.29. The van der Waals surface area contributed by atoms with Crippen LogP contribution in [0.3, 0.4) is 0 Å². The molecule has 0 aliphatic rings. The van der Waals surface area contributed by atoms with Crippen LogP contribution in [0.4, 0.5) is 5.69 Å². The molecule has 0 saturated heterocycles. The van der Waals surface area contributed by atoms with Crippen LogP contribution in [0, 0.1) is 0 Å². The monoisotopic (exact) mass is 270 g/mol. The molecule has 0 heterocycles. The van der Waals surface area contributed by atoms with Crippen molar-refractivity contribution < 1.29 is 0 Å². The summed E-state index contributed by atoms with van der Waals surface area (Å²) in [5, 5.41) is 1.06. The van der Waals surface area contributed by atoms with E-state index in [1.807, 2.05) is 45.0 Å². The van der Waals surface area contributed by atoms with Gasteiger partial charge in [-0.2, -0.15) is 0 Å². The summed E-state index contributed by atoms with van der Waals surface area (Å²) >= 11 is 11.8. The summed E-state index contributed by atoms with van der Waals surface area (Å²) in [6, 6.07) is 5.36. The maximum Gasteiger partial charge on any atom is 0.131 e. The van der Waals surface area contributed by atoms with Crippen LogP contribution in [-0.4, -0.2) is 24.8 Å². The van der Waals surface area contributed by atoms with Crippen LogP contribution in [0.1, 0.15) is 13.8 Å². The van der Waals surface area contributed by atoms with Gasteiger partial charge in [-0.15, -0.1) is 0 Å². The molecule has 0 N–H and O–H groups in total. The molecule has 1 aromatic rings. The van der Waals surface area contributed by atoms with Crippen molar-refractivity contribution >= 4 is 34.7 Å². The number of benzene rings is 1. The number of nitrogens with zero attached hydrogens (tertiary/aromatic N) is 2. The minimum atomic E-state index is 0.518. The normalized spacial score (nSPS) is 12.8. The molecular formula is C13H16Cl2N2. The second-order valence-corrected chi connectivity index (χ2v) is 4.71. The molecule has 0 aromatic heterocycles. The maximum atomic E-state index is 5.96. The van der Waals surface area contributed by atoms with Crippen LogP contribution in [0.2, 0.25) is 10.0 Å². The van der Waals surface area contributed by atoms with E-state index in [2.05, 4.69) is 4.99 Å². The van der Waals surface area contributed by atoms with Gasteiger partial charge in [0.25, 0.3) is 0 Å². The van der Waals surface area contributed by atoms with Crippen LogP contribution in [0.5, 0.6) is 0 Å². The average molecular weight is 271 g/mol. The number of halogens is 2. The fraction of sp³-hybridized carbons (Fsp3) is 0.308. The number of likely N-dealkylation sites (N-methyl/N-ethyl adjacent to an activating group) is 1. The van der Waals surface area contributed by atoms with Gasteiger partial charge < -0.3 is 4.90 Å². The molecule has 0 radical (unpaired) electrons. The molecule has 0 aliphatic heterocycles. The lowest BCUT2D eigenvalue weighted by molar-refractivity contribution is 0.622. The molecule has 0 fully saturated rings. The number of hydrogen-bond acceptors (Lipinski definition) is 1. The number of rotatable bonds is 2. The van der Waals surface area contributed by atoms with Crippen LogP contribution in [0.15, 0.2) is 34.8 Å². The second kappa shape index (κ2) is 6.08.